The summed E-state index contributed by atoms with van der Waals surface area (Å²) in [7, 11) is 1.39. The molecular formula is C11H23NO2. The van der Waals surface area contributed by atoms with Gasteiger partial charge >= 0.3 is 6.09 Å². The van der Waals surface area contributed by atoms with Crippen LogP contribution < -0.4 is 5.32 Å². The Morgan fingerprint density at radius 2 is 1.64 bits per heavy atom. The Labute approximate surface area is 87.2 Å². The van der Waals surface area contributed by atoms with Crippen molar-refractivity contribution in [3.63, 3.8) is 0 Å². The van der Waals surface area contributed by atoms with E-state index in [2.05, 4.69) is 17.0 Å². The van der Waals surface area contributed by atoms with Gasteiger partial charge in [0.25, 0.3) is 0 Å². The van der Waals surface area contributed by atoms with Gasteiger partial charge in [-0.3, -0.25) is 0 Å². The van der Waals surface area contributed by atoms with Crippen LogP contribution in [-0.4, -0.2) is 19.7 Å². The highest BCUT2D eigenvalue weighted by atomic mass is 16.5. The van der Waals surface area contributed by atoms with Gasteiger partial charge in [0.15, 0.2) is 0 Å². The van der Waals surface area contributed by atoms with Crippen molar-refractivity contribution >= 4 is 6.09 Å². The molecule has 0 aliphatic carbocycles. The fourth-order valence-electron chi connectivity index (χ4n) is 1.34. The molecule has 0 atom stereocenters. The van der Waals surface area contributed by atoms with Gasteiger partial charge in [-0.1, -0.05) is 45.4 Å². The van der Waals surface area contributed by atoms with Crippen LogP contribution in [0.15, 0.2) is 0 Å². The summed E-state index contributed by atoms with van der Waals surface area (Å²) in [6.07, 6.45) is 8.53. The molecule has 84 valence electrons. The van der Waals surface area contributed by atoms with Crippen molar-refractivity contribution < 1.29 is 9.53 Å². The van der Waals surface area contributed by atoms with Crippen molar-refractivity contribution in [2.75, 3.05) is 13.7 Å². The van der Waals surface area contributed by atoms with E-state index in [-0.39, 0.29) is 6.09 Å². The van der Waals surface area contributed by atoms with E-state index in [9.17, 15) is 4.79 Å². The summed E-state index contributed by atoms with van der Waals surface area (Å²) in [5.74, 6) is 0. The van der Waals surface area contributed by atoms with Crippen molar-refractivity contribution in [1.29, 1.82) is 0 Å². The zero-order valence-electron chi connectivity index (χ0n) is 9.47. The molecular weight excluding hydrogens is 178 g/mol. The first-order chi connectivity index (χ1) is 6.81. The quantitative estimate of drug-likeness (QED) is 0.613. The third-order valence-electron chi connectivity index (χ3n) is 2.24. The Bertz CT molecular complexity index is 137. The number of carbonyl (C=O) groups is 1. The number of amides is 1. The number of carbonyl (C=O) groups excluding carboxylic acids is 1. The highest BCUT2D eigenvalue weighted by Crippen LogP contribution is 2.06. The number of ether oxygens (including phenoxy) is 1. The molecule has 0 spiro atoms. The first-order valence-corrected chi connectivity index (χ1v) is 5.63. The maximum atomic E-state index is 10.7. The summed E-state index contributed by atoms with van der Waals surface area (Å²) >= 11 is 0. The van der Waals surface area contributed by atoms with Gasteiger partial charge in [-0.2, -0.15) is 0 Å². The lowest BCUT2D eigenvalue weighted by Crippen LogP contribution is -2.23. The van der Waals surface area contributed by atoms with Crippen LogP contribution in [0.5, 0.6) is 0 Å². The Balaban J connectivity index is 2.95. The van der Waals surface area contributed by atoms with Crippen LogP contribution in [0.3, 0.4) is 0 Å². The van der Waals surface area contributed by atoms with Gasteiger partial charge in [0.1, 0.15) is 0 Å². The maximum absolute atomic E-state index is 10.7. The molecule has 0 aliphatic heterocycles. The predicted octanol–water partition coefficient (Wildman–Crippen LogP) is 3.09. The van der Waals surface area contributed by atoms with Gasteiger partial charge < -0.3 is 10.1 Å². The van der Waals surface area contributed by atoms with E-state index in [0.29, 0.717) is 0 Å². The Morgan fingerprint density at radius 3 is 2.21 bits per heavy atom. The molecule has 0 rings (SSSR count). The lowest BCUT2D eigenvalue weighted by molar-refractivity contribution is 0.171. The van der Waals surface area contributed by atoms with E-state index >= 15 is 0 Å². The second-order valence-electron chi connectivity index (χ2n) is 3.54. The number of hydrogen-bond acceptors (Lipinski definition) is 2. The van der Waals surface area contributed by atoms with E-state index in [4.69, 9.17) is 0 Å². The smallest absolute Gasteiger partial charge is 0.406 e. The van der Waals surface area contributed by atoms with Crippen LogP contribution in [0.25, 0.3) is 0 Å². The average molecular weight is 201 g/mol. The number of methoxy groups -OCH3 is 1. The van der Waals surface area contributed by atoms with Crippen molar-refractivity contribution in [1.82, 2.24) is 5.32 Å². The van der Waals surface area contributed by atoms with Crippen molar-refractivity contribution in [2.45, 2.75) is 51.9 Å². The molecule has 0 aliphatic rings. The average Bonchev–Trinajstić information content (AvgIpc) is 2.21. The largest absolute Gasteiger partial charge is 0.453 e. The van der Waals surface area contributed by atoms with Crippen LogP contribution in [0.4, 0.5) is 4.79 Å². The predicted molar refractivity (Wildman–Crippen MR) is 58.4 cm³/mol. The van der Waals surface area contributed by atoms with E-state index in [1.165, 1.54) is 45.6 Å². The van der Waals surface area contributed by atoms with E-state index in [1.807, 2.05) is 0 Å². The molecule has 0 bridgehead atoms. The molecule has 0 aromatic carbocycles. The van der Waals surface area contributed by atoms with Crippen LogP contribution in [-0.2, 0) is 4.74 Å². The van der Waals surface area contributed by atoms with Gasteiger partial charge in [-0.25, -0.2) is 4.79 Å². The van der Waals surface area contributed by atoms with E-state index in [0.717, 1.165) is 13.0 Å². The second-order valence-corrected chi connectivity index (χ2v) is 3.54. The summed E-state index contributed by atoms with van der Waals surface area (Å²) in [4.78, 5) is 10.7. The standard InChI is InChI=1S/C11H23NO2/c1-3-4-5-6-7-8-9-10-12-11(13)14-2/h3-10H2,1-2H3,(H,12,13). The molecule has 1 amide bonds. The third-order valence-corrected chi connectivity index (χ3v) is 2.24. The topological polar surface area (TPSA) is 38.3 Å². The minimum Gasteiger partial charge on any atom is -0.453 e. The molecule has 0 aromatic heterocycles. The molecule has 0 aromatic rings. The second kappa shape index (κ2) is 10.4. The molecule has 1 N–H and O–H groups in total. The van der Waals surface area contributed by atoms with Crippen molar-refractivity contribution in [3.8, 4) is 0 Å². The number of hydrogen-bond donors (Lipinski definition) is 1. The summed E-state index contributed by atoms with van der Waals surface area (Å²) in [5.41, 5.74) is 0. The fourth-order valence-corrected chi connectivity index (χ4v) is 1.34. The van der Waals surface area contributed by atoms with Crippen LogP contribution in [0.1, 0.15) is 51.9 Å². The van der Waals surface area contributed by atoms with Gasteiger partial charge in [-0.15, -0.1) is 0 Å². The monoisotopic (exact) mass is 201 g/mol. The molecule has 0 fully saturated rings. The van der Waals surface area contributed by atoms with Crippen LogP contribution >= 0.6 is 0 Å². The van der Waals surface area contributed by atoms with Crippen LogP contribution in [0.2, 0.25) is 0 Å². The lowest BCUT2D eigenvalue weighted by Gasteiger charge is -2.03. The molecule has 14 heavy (non-hydrogen) atoms. The Kier molecular flexibility index (Phi) is 9.81. The normalized spacial score (nSPS) is 9.86. The molecule has 0 unspecified atom stereocenters. The molecule has 0 heterocycles. The van der Waals surface area contributed by atoms with Gasteiger partial charge in [-0.05, 0) is 6.42 Å². The van der Waals surface area contributed by atoms with E-state index in [1.54, 1.807) is 0 Å². The SMILES string of the molecule is CCCCCCCCCNC(=O)OC. The van der Waals surface area contributed by atoms with Gasteiger partial charge in [0, 0.05) is 6.54 Å². The number of alkyl carbamates (subject to hydrolysis) is 1. The number of rotatable bonds is 8. The summed E-state index contributed by atoms with van der Waals surface area (Å²) < 4.78 is 4.46. The van der Waals surface area contributed by atoms with E-state index < -0.39 is 0 Å². The third kappa shape index (κ3) is 9.36. The zero-order chi connectivity index (χ0) is 10.6. The number of unbranched alkanes of at least 4 members (excludes halogenated alkanes) is 6. The van der Waals surface area contributed by atoms with Crippen LogP contribution in [0, 0.1) is 0 Å². The molecule has 0 saturated heterocycles. The highest BCUT2D eigenvalue weighted by Gasteiger charge is 1.96. The Hall–Kier alpha value is -0.730. The first kappa shape index (κ1) is 13.3. The summed E-state index contributed by atoms with van der Waals surface area (Å²) in [5, 5.41) is 2.67. The van der Waals surface area contributed by atoms with Gasteiger partial charge in [0.05, 0.1) is 7.11 Å². The zero-order valence-corrected chi connectivity index (χ0v) is 9.47. The van der Waals surface area contributed by atoms with Crippen molar-refractivity contribution in [3.05, 3.63) is 0 Å². The number of nitrogens with one attached hydrogen (secondary N) is 1. The molecule has 3 heteroatoms. The van der Waals surface area contributed by atoms with Gasteiger partial charge in [0.2, 0.25) is 0 Å². The Morgan fingerprint density at radius 1 is 1.07 bits per heavy atom. The lowest BCUT2D eigenvalue weighted by atomic mass is 10.1. The van der Waals surface area contributed by atoms with Crippen molar-refractivity contribution in [2.24, 2.45) is 0 Å². The molecule has 0 saturated carbocycles. The maximum Gasteiger partial charge on any atom is 0.406 e. The highest BCUT2D eigenvalue weighted by molar-refractivity contribution is 5.66. The molecule has 3 nitrogen and oxygen atoms in total. The molecule has 0 radical (unpaired) electrons. The minimum absolute atomic E-state index is 0.323. The summed E-state index contributed by atoms with van der Waals surface area (Å²) in [6.45, 7) is 2.96. The minimum atomic E-state index is -0.323. The summed E-state index contributed by atoms with van der Waals surface area (Å²) in [6, 6.07) is 0. The first-order valence-electron chi connectivity index (χ1n) is 5.63. The fraction of sp³-hybridized carbons (Fsp3) is 0.909.